The molecule has 0 radical (unpaired) electrons. The van der Waals surface area contributed by atoms with Crippen LogP contribution in [0.15, 0.2) is 0 Å². The van der Waals surface area contributed by atoms with Crippen LogP contribution < -0.4 is 0 Å². The van der Waals surface area contributed by atoms with Gasteiger partial charge in [0.15, 0.2) is 0 Å². The van der Waals surface area contributed by atoms with Crippen molar-refractivity contribution < 1.29 is 19.8 Å². The van der Waals surface area contributed by atoms with Gasteiger partial charge in [0, 0.05) is 0 Å². The molecule has 50 valence electrons. The Bertz CT molecular complexity index is 97.1. The predicted molar refractivity (Wildman–Crippen MR) is 33.0 cm³/mol. The second-order valence-corrected chi connectivity index (χ2v) is 1.29. The molecule has 0 aromatic heterocycles. The topological polar surface area (TPSA) is 74.6 Å². The summed E-state index contributed by atoms with van der Waals surface area (Å²) in [6, 6.07) is 0. The minimum atomic E-state index is -1.08. The molecule has 0 saturated carbocycles. The number of carboxylic acid groups (broad SMARTS) is 2. The maximum absolute atomic E-state index is 9.64. The first-order chi connectivity index (χ1) is 3.63. The van der Waals surface area contributed by atoms with Gasteiger partial charge in [-0.3, -0.25) is 9.59 Å². The summed E-state index contributed by atoms with van der Waals surface area (Å²) in [5.74, 6) is -2.15. The molecule has 0 aromatic rings. The quantitative estimate of drug-likeness (QED) is 0.584. The van der Waals surface area contributed by atoms with Crippen LogP contribution in [0.4, 0.5) is 0 Å². The standard InChI is InChI=1S/C4H6O4.Sr.2H/c5-3(6)1-2-4(7)8;;;/h1-2H2,(H,5,6)(H,7,8);;;. The first-order valence-electron chi connectivity index (χ1n) is 2.06. The molecule has 0 atom stereocenters. The van der Waals surface area contributed by atoms with E-state index in [4.69, 9.17) is 10.2 Å². The van der Waals surface area contributed by atoms with Crippen LogP contribution in [0.1, 0.15) is 12.8 Å². The van der Waals surface area contributed by atoms with Gasteiger partial charge in [0.25, 0.3) is 0 Å². The van der Waals surface area contributed by atoms with Crippen molar-refractivity contribution in [2.75, 3.05) is 0 Å². The Balaban J connectivity index is 0. The fourth-order valence-electron chi connectivity index (χ4n) is 0.214. The zero-order chi connectivity index (χ0) is 6.57. The summed E-state index contributed by atoms with van der Waals surface area (Å²) in [5, 5.41) is 15.8. The van der Waals surface area contributed by atoms with Crippen molar-refractivity contribution in [2.24, 2.45) is 0 Å². The molecular weight excluding hydrogens is 200 g/mol. The molecule has 0 aliphatic heterocycles. The van der Waals surface area contributed by atoms with E-state index in [1.807, 2.05) is 0 Å². The Morgan fingerprint density at radius 2 is 1.22 bits per heavy atom. The molecule has 0 bridgehead atoms. The summed E-state index contributed by atoms with van der Waals surface area (Å²) in [4.78, 5) is 19.3. The minimum absolute atomic E-state index is 0. The Kier molecular flexibility index (Phi) is 8.81. The molecule has 0 heterocycles. The Morgan fingerprint density at radius 1 is 1.00 bits per heavy atom. The SMILES string of the molecule is O=C(O)CCC(=O)O.[SrH2]. The van der Waals surface area contributed by atoms with Gasteiger partial charge in [-0.15, -0.1) is 0 Å². The van der Waals surface area contributed by atoms with Crippen LogP contribution >= 0.6 is 0 Å². The number of rotatable bonds is 3. The molecule has 0 rings (SSSR count). The van der Waals surface area contributed by atoms with Gasteiger partial charge in [-0.2, -0.15) is 0 Å². The van der Waals surface area contributed by atoms with Crippen molar-refractivity contribution in [3.8, 4) is 0 Å². The summed E-state index contributed by atoms with van der Waals surface area (Å²) in [7, 11) is 0. The van der Waals surface area contributed by atoms with Crippen molar-refractivity contribution in [1.29, 1.82) is 0 Å². The van der Waals surface area contributed by atoms with Gasteiger partial charge >= 0.3 is 57.4 Å². The summed E-state index contributed by atoms with van der Waals surface area (Å²) < 4.78 is 0. The second kappa shape index (κ2) is 6.54. The number of carbonyl (C=O) groups is 2. The summed E-state index contributed by atoms with van der Waals surface area (Å²) in [5.41, 5.74) is 0. The molecular formula is C4H8O4Sr. The van der Waals surface area contributed by atoms with Crippen molar-refractivity contribution in [3.05, 3.63) is 0 Å². The van der Waals surface area contributed by atoms with Crippen LogP contribution in [0.3, 0.4) is 0 Å². The van der Waals surface area contributed by atoms with Crippen LogP contribution in [-0.4, -0.2) is 67.6 Å². The van der Waals surface area contributed by atoms with Crippen LogP contribution in [0, 0.1) is 0 Å². The molecule has 0 fully saturated rings. The first-order valence-corrected chi connectivity index (χ1v) is 2.06. The molecule has 2 N–H and O–H groups in total. The summed E-state index contributed by atoms with van der Waals surface area (Å²) in [6.45, 7) is 0. The molecule has 9 heavy (non-hydrogen) atoms. The summed E-state index contributed by atoms with van der Waals surface area (Å²) >= 11 is 0. The molecule has 0 amide bonds. The monoisotopic (exact) mass is 208 g/mol. The maximum atomic E-state index is 9.64. The van der Waals surface area contributed by atoms with Crippen LogP contribution in [0.25, 0.3) is 0 Å². The van der Waals surface area contributed by atoms with Gasteiger partial charge in [0.05, 0.1) is 12.8 Å². The van der Waals surface area contributed by atoms with Gasteiger partial charge < -0.3 is 10.2 Å². The van der Waals surface area contributed by atoms with Crippen LogP contribution in [0.2, 0.25) is 0 Å². The predicted octanol–water partition coefficient (Wildman–Crippen LogP) is -0.980. The second-order valence-electron chi connectivity index (χ2n) is 1.29. The van der Waals surface area contributed by atoms with E-state index in [0.29, 0.717) is 0 Å². The van der Waals surface area contributed by atoms with E-state index in [9.17, 15) is 9.59 Å². The number of aliphatic carboxylic acids is 2. The van der Waals surface area contributed by atoms with Gasteiger partial charge in [0.2, 0.25) is 0 Å². The van der Waals surface area contributed by atoms with E-state index in [0.717, 1.165) is 0 Å². The van der Waals surface area contributed by atoms with E-state index >= 15 is 0 Å². The fourth-order valence-corrected chi connectivity index (χ4v) is 0.214. The molecule has 0 saturated heterocycles. The van der Waals surface area contributed by atoms with Crippen molar-refractivity contribution in [1.82, 2.24) is 0 Å². The molecule has 4 nitrogen and oxygen atoms in total. The van der Waals surface area contributed by atoms with E-state index in [-0.39, 0.29) is 58.3 Å². The fraction of sp³-hybridized carbons (Fsp3) is 0.500. The normalized spacial score (nSPS) is 7.56. The summed E-state index contributed by atoms with van der Waals surface area (Å²) in [6.07, 6.45) is -0.593. The van der Waals surface area contributed by atoms with E-state index in [1.165, 1.54) is 0 Å². The van der Waals surface area contributed by atoms with Crippen LogP contribution in [-0.2, 0) is 9.59 Å². The van der Waals surface area contributed by atoms with E-state index in [1.54, 1.807) is 0 Å². The molecule has 0 aromatic carbocycles. The molecule has 0 aliphatic carbocycles. The average Bonchev–Trinajstić information content (AvgIpc) is 1.61. The van der Waals surface area contributed by atoms with E-state index < -0.39 is 11.9 Å². The van der Waals surface area contributed by atoms with E-state index in [2.05, 4.69) is 0 Å². The molecule has 0 unspecified atom stereocenters. The van der Waals surface area contributed by atoms with Crippen molar-refractivity contribution in [2.45, 2.75) is 12.8 Å². The van der Waals surface area contributed by atoms with Crippen molar-refractivity contribution in [3.63, 3.8) is 0 Å². The van der Waals surface area contributed by atoms with Gasteiger partial charge in [0.1, 0.15) is 0 Å². The number of hydrogen-bond acceptors (Lipinski definition) is 2. The Morgan fingerprint density at radius 3 is 1.33 bits per heavy atom. The first kappa shape index (κ1) is 12.1. The third kappa shape index (κ3) is 11.8. The average molecular weight is 208 g/mol. The van der Waals surface area contributed by atoms with Gasteiger partial charge in [-0.25, -0.2) is 0 Å². The van der Waals surface area contributed by atoms with Crippen molar-refractivity contribution >= 4 is 57.4 Å². The zero-order valence-electron chi connectivity index (χ0n) is 4.13. The molecule has 0 spiro atoms. The third-order valence-electron chi connectivity index (χ3n) is 0.553. The number of hydrogen-bond donors (Lipinski definition) is 2. The van der Waals surface area contributed by atoms with Crippen LogP contribution in [0.5, 0.6) is 0 Å². The number of carboxylic acids is 2. The molecule has 5 heteroatoms. The Hall–Kier alpha value is 0.421. The van der Waals surface area contributed by atoms with Gasteiger partial charge in [-0.1, -0.05) is 0 Å². The third-order valence-corrected chi connectivity index (χ3v) is 0.553. The van der Waals surface area contributed by atoms with Gasteiger partial charge in [-0.05, 0) is 0 Å². The zero-order valence-corrected chi connectivity index (χ0v) is 4.13. The Labute approximate surface area is 89.1 Å². The molecule has 0 aliphatic rings.